The molecule has 0 spiro atoms. The lowest BCUT2D eigenvalue weighted by Gasteiger charge is -2.43. The van der Waals surface area contributed by atoms with Gasteiger partial charge in [0.05, 0.1) is 12.2 Å². The third kappa shape index (κ3) is 20.9. The zero-order chi connectivity index (χ0) is 79.3. The number of nitrogens with zero attached hydrogens (tertiary/aromatic N) is 5. The molecule has 17 nitrogen and oxygen atoms in total. The van der Waals surface area contributed by atoms with Crippen LogP contribution in [-0.4, -0.2) is 47.3 Å². The van der Waals surface area contributed by atoms with Crippen LogP contribution < -0.4 is 57.7 Å². The van der Waals surface area contributed by atoms with Gasteiger partial charge < -0.3 is 51.8 Å². The monoisotopic (exact) mass is 1530 g/mol. The van der Waals surface area contributed by atoms with Crippen LogP contribution in [0.15, 0.2) is 279 Å². The lowest BCUT2D eigenvalue weighted by molar-refractivity contribution is 0.0734. The van der Waals surface area contributed by atoms with E-state index in [1.54, 1.807) is 42.5 Å². The van der Waals surface area contributed by atoms with Gasteiger partial charge in [0.15, 0.2) is 33.0 Å². The van der Waals surface area contributed by atoms with Crippen LogP contribution in [0.25, 0.3) is 0 Å². The highest BCUT2D eigenvalue weighted by molar-refractivity contribution is 6.99. The van der Waals surface area contributed by atoms with E-state index in [4.69, 9.17) is 51.8 Å². The Balaban J connectivity index is 0.969. The second-order valence-electron chi connectivity index (χ2n) is 27.8. The number of carbonyl (C=O) groups excluding carboxylic acids is 1. The molecule has 0 unspecified atom stereocenters. The first-order chi connectivity index (χ1) is 55.8. The van der Waals surface area contributed by atoms with Crippen LogP contribution in [0.3, 0.4) is 0 Å². The first kappa shape index (κ1) is 79.5. The molecule has 0 N–H and O–H groups in total. The summed E-state index contributed by atoms with van der Waals surface area (Å²) in [7, 11) is -3.12. The van der Waals surface area contributed by atoms with E-state index < -0.39 is 14.3 Å². The Kier molecular flexibility index (Phi) is 27.6. The lowest BCUT2D eigenvalue weighted by Crippen LogP contribution is -2.66. The molecule has 0 saturated heterocycles. The second kappa shape index (κ2) is 39.5. The summed E-state index contributed by atoms with van der Waals surface area (Å²) in [4.78, 5) is 13.4. The second-order valence-corrected chi connectivity index (χ2v) is 32.1. The van der Waals surface area contributed by atoms with Crippen molar-refractivity contribution < 1.29 is 56.6 Å². The molecule has 0 aromatic heterocycles. The molecule has 0 aliphatic carbocycles. The van der Waals surface area contributed by atoms with Gasteiger partial charge in [0.1, 0.15) is 114 Å². The van der Waals surface area contributed by atoms with E-state index in [0.717, 1.165) is 32.6 Å². The molecular weight excluding hydrogens is 1440 g/mol. The molecule has 0 amide bonds. The van der Waals surface area contributed by atoms with Crippen molar-refractivity contribution in [3.63, 3.8) is 0 Å². The number of benzene rings is 12. The van der Waals surface area contributed by atoms with Gasteiger partial charge in [0.2, 0.25) is 0 Å². The summed E-state index contributed by atoms with van der Waals surface area (Å²) >= 11 is 0. The topological polar surface area (TPSA) is 238 Å². The van der Waals surface area contributed by atoms with Gasteiger partial charge in [-0.3, -0.25) is 0 Å². The third-order valence-corrected chi connectivity index (χ3v) is 24.0. The van der Waals surface area contributed by atoms with E-state index >= 15 is 0 Å². The Labute approximate surface area is 666 Å². The lowest BCUT2D eigenvalue weighted by atomic mass is 9.94. The van der Waals surface area contributed by atoms with Crippen LogP contribution in [0.4, 0.5) is 0 Å². The maximum absolute atomic E-state index is 13.4. The van der Waals surface area contributed by atoms with Crippen molar-refractivity contribution in [3.8, 4) is 87.8 Å². The summed E-state index contributed by atoms with van der Waals surface area (Å²) in [6.07, 6.45) is 0.504. The van der Waals surface area contributed by atoms with Crippen molar-refractivity contribution in [2.24, 2.45) is 0 Å². The van der Waals surface area contributed by atoms with Crippen molar-refractivity contribution in [2.75, 3.05) is 33.0 Å². The first-order valence-electron chi connectivity index (χ1n) is 37.3. The average molecular weight is 1530 g/mol. The van der Waals surface area contributed by atoms with Crippen molar-refractivity contribution in [2.45, 2.75) is 84.5 Å². The summed E-state index contributed by atoms with van der Waals surface area (Å²) in [6.45, 7) is 5.93. The minimum absolute atomic E-state index is 0.105. The van der Waals surface area contributed by atoms with Crippen molar-refractivity contribution in [1.29, 1.82) is 26.3 Å². The van der Waals surface area contributed by atoms with E-state index in [2.05, 4.69) is 69.3 Å². The molecule has 0 aliphatic heterocycles. The highest BCUT2D eigenvalue weighted by Gasteiger charge is 2.50. The highest BCUT2D eigenvalue weighted by atomic mass is 28.4. The van der Waals surface area contributed by atoms with Crippen molar-refractivity contribution in [1.82, 2.24) is 0 Å². The molecule has 0 heterocycles. The van der Waals surface area contributed by atoms with E-state index in [1.165, 1.54) is 0 Å². The van der Waals surface area contributed by atoms with E-state index in [9.17, 15) is 31.1 Å². The molecule has 12 aromatic rings. The predicted octanol–water partition coefficient (Wildman–Crippen LogP) is 18.2. The molecule has 12 aromatic carbocycles. The Bertz CT molecular complexity index is 5410. The van der Waals surface area contributed by atoms with E-state index in [1.807, 2.05) is 218 Å². The number of nitriles is 5. The van der Waals surface area contributed by atoms with Crippen LogP contribution in [0.2, 0.25) is 5.04 Å². The SMILES string of the molecule is CC(C)(C)[Si](OCc1cc(OCc2ccccc2)c(Cc2cc(OCc3ccccc3)c(Cc3cc(OCc4ccccc4)c(Cc4cc(OCc5ccccc5)c(Cc5cc(OC(=O)c6ccccc6)ccc5OCC#N)cc4OCC#N)cc3OCC#N)cc2OCC#N)cc1OCC#N)(c1ccccc1)c1ccccc1. The molecule has 12 rings (SSSR count). The van der Waals surface area contributed by atoms with Gasteiger partial charge in [-0.1, -0.05) is 221 Å². The standard InChI is InChI=1S/C96H83N5O12Si/c1-96(2,3)114(84-35-21-9-22-36-84,85-37-23-10-24-38-85)112-68-82-63-93(111-67-72-31-17-7-18-32-72)81(62-94(82)107-50-45-101)54-77-61-92(110-66-71-29-15-6-16-30-71)80(58-89(77)106-49-44-100)53-76-60-91(109-65-70-27-13-5-14-28-70)79(57-88(76)105-48-43-99)52-75-59-90(108-64-69-25-11-4-12-26-69)78(56-87(75)104-47-42-98)51-74-55-83(39-40-86(74)103-46-41-97)113-95(102)73-33-19-8-20-34-73/h4-40,55-63H,46-54,64-68H2,1-3H3. The third-order valence-electron chi connectivity index (χ3n) is 19.0. The van der Waals surface area contributed by atoms with E-state index in [-0.39, 0.29) is 103 Å². The van der Waals surface area contributed by atoms with Gasteiger partial charge in [-0.25, -0.2) is 4.79 Å². The van der Waals surface area contributed by atoms with Crippen LogP contribution in [-0.2, 0) is 63.1 Å². The van der Waals surface area contributed by atoms with Gasteiger partial charge >= 0.3 is 5.97 Å². The average Bonchev–Trinajstić information content (AvgIpc) is 0.746. The first-order valence-corrected chi connectivity index (χ1v) is 39.2. The fourth-order valence-corrected chi connectivity index (χ4v) is 18.2. The van der Waals surface area contributed by atoms with Crippen molar-refractivity contribution >= 4 is 24.7 Å². The maximum atomic E-state index is 13.4. The fourth-order valence-electron chi connectivity index (χ4n) is 13.6. The van der Waals surface area contributed by atoms with Gasteiger partial charge in [0, 0.05) is 75.8 Å². The fraction of sp³-hybridized carbons (Fsp3) is 0.188. The Hall–Kier alpha value is -14.1. The van der Waals surface area contributed by atoms with Crippen molar-refractivity contribution in [3.05, 3.63) is 357 Å². The number of esters is 1. The normalized spacial score (nSPS) is 10.9. The number of carbonyl (C=O) groups is 1. The number of rotatable bonds is 37. The molecule has 0 fully saturated rings. The Morgan fingerprint density at radius 1 is 0.289 bits per heavy atom. The van der Waals surface area contributed by atoms with Gasteiger partial charge in [0.25, 0.3) is 8.32 Å². The van der Waals surface area contributed by atoms with Gasteiger partial charge in [-0.2, -0.15) is 26.3 Å². The maximum Gasteiger partial charge on any atom is 0.343 e. The van der Waals surface area contributed by atoms with Gasteiger partial charge in [-0.05, 0) is 117 Å². The zero-order valence-electron chi connectivity index (χ0n) is 63.6. The smallest absolute Gasteiger partial charge is 0.343 e. The quantitative estimate of drug-likeness (QED) is 0.0200. The number of hydrogen-bond donors (Lipinski definition) is 0. The van der Waals surface area contributed by atoms with Crippen LogP contribution in [0.5, 0.6) is 57.5 Å². The highest BCUT2D eigenvalue weighted by Crippen LogP contribution is 2.44. The Morgan fingerprint density at radius 2 is 0.544 bits per heavy atom. The number of hydrogen-bond acceptors (Lipinski definition) is 17. The minimum Gasteiger partial charge on any atom is -0.489 e. The molecule has 0 bridgehead atoms. The molecule has 0 atom stereocenters. The molecular formula is C96H83N5O12Si. The molecule has 0 aliphatic rings. The van der Waals surface area contributed by atoms with Gasteiger partial charge in [-0.15, -0.1) is 0 Å². The largest absolute Gasteiger partial charge is 0.489 e. The van der Waals surface area contributed by atoms with Crippen LogP contribution >= 0.6 is 0 Å². The van der Waals surface area contributed by atoms with Crippen LogP contribution in [0, 0.1) is 56.7 Å². The molecule has 0 saturated carbocycles. The molecule has 568 valence electrons. The summed E-state index contributed by atoms with van der Waals surface area (Å²) in [5.41, 5.74) is 9.52. The number of ether oxygens (including phenoxy) is 10. The Morgan fingerprint density at radius 3 is 0.842 bits per heavy atom. The summed E-state index contributed by atoms with van der Waals surface area (Å²) in [5, 5.41) is 52.4. The van der Waals surface area contributed by atoms with Crippen LogP contribution in [0.1, 0.15) is 103 Å². The molecule has 18 heteroatoms. The summed E-state index contributed by atoms with van der Waals surface area (Å²) in [6, 6.07) is 99.1. The zero-order valence-corrected chi connectivity index (χ0v) is 64.6. The summed E-state index contributed by atoms with van der Waals surface area (Å²) in [5.74, 6) is 3.38. The molecule has 0 radical (unpaired) electrons. The molecule has 114 heavy (non-hydrogen) atoms. The summed E-state index contributed by atoms with van der Waals surface area (Å²) < 4.78 is 72.8. The minimum atomic E-state index is -3.12. The van der Waals surface area contributed by atoms with E-state index in [0.29, 0.717) is 107 Å². The predicted molar refractivity (Wildman–Crippen MR) is 436 cm³/mol.